The second-order valence-corrected chi connectivity index (χ2v) is 5.97. The number of nitrogens with one attached hydrogen (secondary N) is 2. The summed E-state index contributed by atoms with van der Waals surface area (Å²) in [6, 6.07) is 15.5. The third-order valence-corrected chi connectivity index (χ3v) is 3.78. The van der Waals surface area contributed by atoms with Gasteiger partial charge in [-0.2, -0.15) is 4.98 Å². The Morgan fingerprint density at radius 2 is 1.74 bits per heavy atom. The Kier molecular flexibility index (Phi) is 6.22. The van der Waals surface area contributed by atoms with E-state index in [0.717, 1.165) is 17.3 Å². The van der Waals surface area contributed by atoms with Crippen molar-refractivity contribution in [2.45, 2.75) is 13.2 Å². The van der Waals surface area contributed by atoms with Gasteiger partial charge in [0.25, 0.3) is 0 Å². The number of rotatable bonds is 6. The summed E-state index contributed by atoms with van der Waals surface area (Å²) in [6.45, 7) is 0.620. The molecule has 0 bridgehead atoms. The van der Waals surface area contributed by atoms with E-state index in [1.54, 1.807) is 12.1 Å². The molecule has 5 nitrogen and oxygen atoms in total. The molecule has 0 spiro atoms. The van der Waals surface area contributed by atoms with E-state index in [-0.39, 0.29) is 29.4 Å². The number of anilines is 1. The van der Waals surface area contributed by atoms with E-state index in [9.17, 15) is 8.78 Å². The molecule has 2 aromatic carbocycles. The largest absolute Gasteiger partial charge is 0.459 e. The number of hydrogen-bond donors (Lipinski definition) is 2. The third-order valence-electron chi connectivity index (χ3n) is 3.53. The van der Waals surface area contributed by atoms with Gasteiger partial charge in [0.2, 0.25) is 0 Å². The fourth-order valence-electron chi connectivity index (χ4n) is 2.17. The second kappa shape index (κ2) is 9.00. The van der Waals surface area contributed by atoms with Gasteiger partial charge in [0.1, 0.15) is 12.4 Å². The van der Waals surface area contributed by atoms with Crippen LogP contribution in [0.3, 0.4) is 0 Å². The molecule has 0 aliphatic heterocycles. The fourth-order valence-corrected chi connectivity index (χ4v) is 2.34. The van der Waals surface area contributed by atoms with Crippen LogP contribution >= 0.6 is 12.2 Å². The molecule has 0 saturated carbocycles. The summed E-state index contributed by atoms with van der Waals surface area (Å²) in [5.41, 5.74) is 1.77. The number of aromatic nitrogens is 2. The van der Waals surface area contributed by atoms with E-state index < -0.39 is 5.82 Å². The molecule has 2 N–H and O–H groups in total. The first-order chi connectivity index (χ1) is 13.1. The highest BCUT2D eigenvalue weighted by molar-refractivity contribution is 7.80. The van der Waals surface area contributed by atoms with Crippen LogP contribution in [0.5, 0.6) is 6.01 Å². The van der Waals surface area contributed by atoms with Gasteiger partial charge >= 0.3 is 6.01 Å². The van der Waals surface area contributed by atoms with Crippen LogP contribution in [0.1, 0.15) is 11.1 Å². The van der Waals surface area contributed by atoms with Crippen LogP contribution in [-0.4, -0.2) is 15.1 Å². The first-order valence-corrected chi connectivity index (χ1v) is 8.49. The molecular weight excluding hydrogens is 370 g/mol. The minimum atomic E-state index is -0.659. The summed E-state index contributed by atoms with van der Waals surface area (Å²) >= 11 is 5.17. The number of hydrogen-bond acceptors (Lipinski definition) is 4. The van der Waals surface area contributed by atoms with Gasteiger partial charge in [-0.25, -0.2) is 13.8 Å². The van der Waals surface area contributed by atoms with Crippen molar-refractivity contribution in [1.82, 2.24) is 15.3 Å². The van der Waals surface area contributed by atoms with Crippen molar-refractivity contribution in [3.8, 4) is 6.01 Å². The van der Waals surface area contributed by atoms with Crippen LogP contribution in [0.4, 0.5) is 14.6 Å². The number of ether oxygens (including phenoxy) is 1. The van der Waals surface area contributed by atoms with E-state index >= 15 is 0 Å². The Labute approximate surface area is 160 Å². The van der Waals surface area contributed by atoms with Gasteiger partial charge in [-0.1, -0.05) is 42.5 Å². The van der Waals surface area contributed by atoms with Crippen molar-refractivity contribution in [2.75, 3.05) is 5.32 Å². The normalized spacial score (nSPS) is 10.3. The molecule has 27 heavy (non-hydrogen) atoms. The van der Waals surface area contributed by atoms with Crippen LogP contribution in [0.2, 0.25) is 0 Å². The molecule has 0 radical (unpaired) electrons. The molecule has 0 aliphatic rings. The predicted octanol–water partition coefficient (Wildman–Crippen LogP) is 3.82. The number of nitrogens with zero attached hydrogens (tertiary/aromatic N) is 2. The van der Waals surface area contributed by atoms with Crippen molar-refractivity contribution in [3.05, 3.63) is 83.6 Å². The molecule has 1 heterocycles. The zero-order valence-corrected chi connectivity index (χ0v) is 15.0. The Hall–Kier alpha value is -3.13. The fraction of sp³-hybridized carbons (Fsp3) is 0.105. The van der Waals surface area contributed by atoms with E-state index in [1.165, 1.54) is 12.1 Å². The quantitative estimate of drug-likeness (QED) is 0.628. The number of thiocarbonyl (C=S) groups is 1. The highest BCUT2D eigenvalue weighted by Gasteiger charge is 2.10. The zero-order chi connectivity index (χ0) is 19.1. The first kappa shape index (κ1) is 18.7. The summed E-state index contributed by atoms with van der Waals surface area (Å²) in [7, 11) is 0. The van der Waals surface area contributed by atoms with E-state index in [1.807, 2.05) is 30.3 Å². The molecule has 0 aliphatic carbocycles. The molecule has 8 heteroatoms. The highest BCUT2D eigenvalue weighted by Crippen LogP contribution is 2.15. The monoisotopic (exact) mass is 386 g/mol. The Morgan fingerprint density at radius 1 is 1.00 bits per heavy atom. The summed E-state index contributed by atoms with van der Waals surface area (Å²) in [5, 5.41) is 5.89. The van der Waals surface area contributed by atoms with Gasteiger partial charge in [-0.3, -0.25) is 0 Å². The molecule has 0 fully saturated rings. The van der Waals surface area contributed by atoms with Crippen molar-refractivity contribution in [3.63, 3.8) is 0 Å². The molecule has 138 valence electrons. The SMILES string of the molecule is Fc1ccc(COc2ncc(F)c(NC(=S)NCc3ccccc3)n2)cc1. The predicted molar refractivity (Wildman–Crippen MR) is 102 cm³/mol. The number of benzene rings is 2. The lowest BCUT2D eigenvalue weighted by atomic mass is 10.2. The molecule has 3 rings (SSSR count). The van der Waals surface area contributed by atoms with Gasteiger partial charge < -0.3 is 15.4 Å². The molecule has 0 amide bonds. The highest BCUT2D eigenvalue weighted by atomic mass is 32.1. The Morgan fingerprint density at radius 3 is 2.48 bits per heavy atom. The molecule has 0 saturated heterocycles. The third kappa shape index (κ3) is 5.68. The maximum atomic E-state index is 13.9. The van der Waals surface area contributed by atoms with E-state index in [0.29, 0.717) is 6.54 Å². The minimum absolute atomic E-state index is 0.0194. The van der Waals surface area contributed by atoms with Crippen LogP contribution in [0.15, 0.2) is 60.8 Å². The lowest BCUT2D eigenvalue weighted by molar-refractivity contribution is 0.280. The Bertz CT molecular complexity index is 907. The molecule has 3 aromatic rings. The van der Waals surface area contributed by atoms with Crippen molar-refractivity contribution in [1.29, 1.82) is 0 Å². The van der Waals surface area contributed by atoms with Gasteiger partial charge in [0, 0.05) is 6.54 Å². The standard InChI is InChI=1S/C19H16F2N4OS/c20-15-8-6-14(7-9-15)12-26-18-22-11-16(21)17(24-18)25-19(27)23-10-13-4-2-1-3-5-13/h1-9,11H,10,12H2,(H2,22,23,24,25,27). The van der Waals surface area contributed by atoms with Crippen molar-refractivity contribution in [2.24, 2.45) is 0 Å². The van der Waals surface area contributed by atoms with Crippen LogP contribution in [0.25, 0.3) is 0 Å². The summed E-state index contributed by atoms with van der Waals surface area (Å²) in [5.74, 6) is -1.09. The maximum absolute atomic E-state index is 13.9. The van der Waals surface area contributed by atoms with Gasteiger partial charge in [-0.15, -0.1) is 0 Å². The van der Waals surface area contributed by atoms with Crippen molar-refractivity contribution < 1.29 is 13.5 Å². The zero-order valence-electron chi connectivity index (χ0n) is 14.2. The summed E-state index contributed by atoms with van der Waals surface area (Å²) < 4.78 is 32.3. The molecule has 0 atom stereocenters. The second-order valence-electron chi connectivity index (χ2n) is 5.56. The molecule has 0 unspecified atom stereocenters. The van der Waals surface area contributed by atoms with E-state index in [4.69, 9.17) is 17.0 Å². The lowest BCUT2D eigenvalue weighted by Crippen LogP contribution is -2.28. The topological polar surface area (TPSA) is 59.1 Å². The Balaban J connectivity index is 1.57. The minimum Gasteiger partial charge on any atom is -0.459 e. The van der Waals surface area contributed by atoms with E-state index in [2.05, 4.69) is 20.6 Å². The smallest absolute Gasteiger partial charge is 0.318 e. The summed E-state index contributed by atoms with van der Waals surface area (Å²) in [4.78, 5) is 7.77. The van der Waals surface area contributed by atoms with Crippen LogP contribution < -0.4 is 15.4 Å². The number of halogens is 2. The van der Waals surface area contributed by atoms with Gasteiger partial charge in [0.05, 0.1) is 6.20 Å². The summed E-state index contributed by atoms with van der Waals surface area (Å²) in [6.07, 6.45) is 0.995. The van der Waals surface area contributed by atoms with Crippen LogP contribution in [-0.2, 0) is 13.2 Å². The maximum Gasteiger partial charge on any atom is 0.318 e. The lowest BCUT2D eigenvalue weighted by Gasteiger charge is -2.11. The van der Waals surface area contributed by atoms with Gasteiger partial charge in [0.15, 0.2) is 16.7 Å². The molecular formula is C19H16F2N4OS. The average molecular weight is 386 g/mol. The van der Waals surface area contributed by atoms with Crippen molar-refractivity contribution >= 4 is 23.1 Å². The molecule has 1 aromatic heterocycles. The van der Waals surface area contributed by atoms with Crippen LogP contribution in [0, 0.1) is 11.6 Å². The average Bonchev–Trinajstić information content (AvgIpc) is 2.69. The first-order valence-electron chi connectivity index (χ1n) is 8.09. The van der Waals surface area contributed by atoms with Gasteiger partial charge in [-0.05, 0) is 35.5 Å².